The lowest BCUT2D eigenvalue weighted by atomic mass is 10.1. The molecule has 1 N–H and O–H groups in total. The van der Waals surface area contributed by atoms with Crippen molar-refractivity contribution < 1.29 is 4.74 Å². The summed E-state index contributed by atoms with van der Waals surface area (Å²) in [6, 6.07) is 9.66. The van der Waals surface area contributed by atoms with Crippen LogP contribution in [0.4, 0.5) is 0 Å². The van der Waals surface area contributed by atoms with Gasteiger partial charge in [0.1, 0.15) is 5.75 Å². The SMILES string of the molecule is CCCC1CC1NC(C)c1ccc(OC(C)C)cc1. The molecule has 1 aliphatic rings. The first kappa shape index (κ1) is 14.4. The maximum atomic E-state index is 5.67. The minimum Gasteiger partial charge on any atom is -0.491 e. The van der Waals surface area contributed by atoms with Crippen LogP contribution in [0.2, 0.25) is 0 Å². The highest BCUT2D eigenvalue weighted by atomic mass is 16.5. The molecule has 2 rings (SSSR count). The lowest BCUT2D eigenvalue weighted by molar-refractivity contribution is 0.242. The zero-order valence-corrected chi connectivity index (χ0v) is 12.6. The van der Waals surface area contributed by atoms with Crippen LogP contribution in [-0.2, 0) is 0 Å². The van der Waals surface area contributed by atoms with Crippen LogP contribution in [-0.4, -0.2) is 12.1 Å². The van der Waals surface area contributed by atoms with Crippen molar-refractivity contribution in [1.82, 2.24) is 5.32 Å². The molecule has 1 saturated carbocycles. The Balaban J connectivity index is 1.84. The summed E-state index contributed by atoms with van der Waals surface area (Å²) < 4.78 is 5.67. The van der Waals surface area contributed by atoms with Gasteiger partial charge in [0.25, 0.3) is 0 Å². The Morgan fingerprint density at radius 1 is 1.21 bits per heavy atom. The molecule has 0 aromatic heterocycles. The van der Waals surface area contributed by atoms with Gasteiger partial charge in [-0.2, -0.15) is 0 Å². The Kier molecular flexibility index (Phi) is 4.87. The average molecular weight is 261 g/mol. The van der Waals surface area contributed by atoms with Crippen molar-refractivity contribution in [2.45, 2.75) is 65.1 Å². The van der Waals surface area contributed by atoms with E-state index < -0.39 is 0 Å². The standard InChI is InChI=1S/C17H27NO/c1-5-6-15-11-17(15)18-13(4)14-7-9-16(10-8-14)19-12(2)3/h7-10,12-13,15,17-18H,5-6,11H2,1-4H3. The van der Waals surface area contributed by atoms with E-state index >= 15 is 0 Å². The number of nitrogens with one attached hydrogen (secondary N) is 1. The monoisotopic (exact) mass is 261 g/mol. The van der Waals surface area contributed by atoms with E-state index in [0.29, 0.717) is 6.04 Å². The molecule has 3 unspecified atom stereocenters. The quantitative estimate of drug-likeness (QED) is 0.789. The average Bonchev–Trinajstić information content (AvgIpc) is 3.08. The first-order valence-corrected chi connectivity index (χ1v) is 7.62. The summed E-state index contributed by atoms with van der Waals surface area (Å²) in [5.41, 5.74) is 1.35. The third-order valence-electron chi connectivity index (χ3n) is 3.80. The fraction of sp³-hybridized carbons (Fsp3) is 0.647. The van der Waals surface area contributed by atoms with E-state index in [4.69, 9.17) is 4.74 Å². The topological polar surface area (TPSA) is 21.3 Å². The second-order valence-electron chi connectivity index (χ2n) is 6.01. The molecule has 0 radical (unpaired) electrons. The summed E-state index contributed by atoms with van der Waals surface area (Å²) in [7, 11) is 0. The van der Waals surface area contributed by atoms with Crippen molar-refractivity contribution >= 4 is 0 Å². The van der Waals surface area contributed by atoms with E-state index in [9.17, 15) is 0 Å². The molecule has 0 amide bonds. The predicted octanol–water partition coefficient (Wildman–Crippen LogP) is 4.31. The van der Waals surface area contributed by atoms with Gasteiger partial charge >= 0.3 is 0 Å². The summed E-state index contributed by atoms with van der Waals surface area (Å²) in [5, 5.41) is 3.72. The van der Waals surface area contributed by atoms with Gasteiger partial charge in [0.05, 0.1) is 6.10 Å². The van der Waals surface area contributed by atoms with Gasteiger partial charge in [-0.3, -0.25) is 0 Å². The molecule has 19 heavy (non-hydrogen) atoms. The maximum Gasteiger partial charge on any atom is 0.119 e. The van der Waals surface area contributed by atoms with Crippen molar-refractivity contribution in [3.8, 4) is 5.75 Å². The van der Waals surface area contributed by atoms with Crippen molar-refractivity contribution in [2.75, 3.05) is 0 Å². The minimum atomic E-state index is 0.239. The van der Waals surface area contributed by atoms with Gasteiger partial charge in [0.15, 0.2) is 0 Å². The molecule has 0 saturated heterocycles. The molecule has 2 heteroatoms. The van der Waals surface area contributed by atoms with Gasteiger partial charge in [-0.05, 0) is 57.2 Å². The van der Waals surface area contributed by atoms with Crippen LogP contribution in [0.25, 0.3) is 0 Å². The van der Waals surface area contributed by atoms with Crippen molar-refractivity contribution in [3.05, 3.63) is 29.8 Å². The normalized spacial score (nSPS) is 23.4. The van der Waals surface area contributed by atoms with Crippen molar-refractivity contribution in [1.29, 1.82) is 0 Å². The molecule has 0 heterocycles. The Morgan fingerprint density at radius 2 is 1.89 bits per heavy atom. The van der Waals surface area contributed by atoms with Crippen LogP contribution in [0.3, 0.4) is 0 Å². The van der Waals surface area contributed by atoms with E-state index in [2.05, 4.69) is 57.3 Å². The fourth-order valence-electron chi connectivity index (χ4n) is 2.67. The summed E-state index contributed by atoms with van der Waals surface area (Å²) in [5.74, 6) is 1.87. The summed E-state index contributed by atoms with van der Waals surface area (Å²) >= 11 is 0. The lowest BCUT2D eigenvalue weighted by Gasteiger charge is -2.16. The van der Waals surface area contributed by atoms with Crippen LogP contribution in [0.1, 0.15) is 58.6 Å². The Hall–Kier alpha value is -1.02. The number of hydrogen-bond donors (Lipinski definition) is 1. The zero-order valence-electron chi connectivity index (χ0n) is 12.6. The van der Waals surface area contributed by atoms with Crippen LogP contribution in [0.15, 0.2) is 24.3 Å². The highest BCUT2D eigenvalue weighted by molar-refractivity contribution is 5.29. The largest absolute Gasteiger partial charge is 0.491 e. The molecule has 0 spiro atoms. The summed E-state index contributed by atoms with van der Waals surface area (Å²) in [6.45, 7) is 8.63. The van der Waals surface area contributed by atoms with Crippen LogP contribution in [0, 0.1) is 5.92 Å². The number of hydrogen-bond acceptors (Lipinski definition) is 2. The number of benzene rings is 1. The van der Waals surface area contributed by atoms with Gasteiger partial charge < -0.3 is 10.1 Å². The second-order valence-corrected chi connectivity index (χ2v) is 6.01. The molecule has 0 aliphatic heterocycles. The fourth-order valence-corrected chi connectivity index (χ4v) is 2.67. The molecule has 3 atom stereocenters. The molecule has 1 fully saturated rings. The molecule has 1 aromatic carbocycles. The van der Waals surface area contributed by atoms with Gasteiger partial charge in [-0.15, -0.1) is 0 Å². The second kappa shape index (κ2) is 6.42. The predicted molar refractivity (Wildman–Crippen MR) is 80.6 cm³/mol. The number of ether oxygens (including phenoxy) is 1. The molecular weight excluding hydrogens is 234 g/mol. The third-order valence-corrected chi connectivity index (χ3v) is 3.80. The smallest absolute Gasteiger partial charge is 0.119 e. The Morgan fingerprint density at radius 3 is 2.47 bits per heavy atom. The van der Waals surface area contributed by atoms with E-state index in [-0.39, 0.29) is 6.10 Å². The van der Waals surface area contributed by atoms with Gasteiger partial charge in [-0.1, -0.05) is 25.5 Å². The maximum absolute atomic E-state index is 5.67. The molecule has 0 bridgehead atoms. The van der Waals surface area contributed by atoms with Crippen molar-refractivity contribution in [2.24, 2.45) is 5.92 Å². The molecule has 2 nitrogen and oxygen atoms in total. The highest BCUT2D eigenvalue weighted by Gasteiger charge is 2.36. The molecule has 1 aliphatic carbocycles. The van der Waals surface area contributed by atoms with E-state index in [0.717, 1.165) is 17.7 Å². The van der Waals surface area contributed by atoms with E-state index in [1.807, 2.05) is 0 Å². The first-order valence-electron chi connectivity index (χ1n) is 7.62. The van der Waals surface area contributed by atoms with Crippen LogP contribution >= 0.6 is 0 Å². The third kappa shape index (κ3) is 4.24. The molecule has 106 valence electrons. The minimum absolute atomic E-state index is 0.239. The van der Waals surface area contributed by atoms with E-state index in [1.54, 1.807) is 0 Å². The summed E-state index contributed by atoms with van der Waals surface area (Å²) in [4.78, 5) is 0. The Labute approximate surface area is 117 Å². The van der Waals surface area contributed by atoms with Gasteiger partial charge in [-0.25, -0.2) is 0 Å². The zero-order chi connectivity index (χ0) is 13.8. The summed E-state index contributed by atoms with van der Waals surface area (Å²) in [6.07, 6.45) is 4.26. The van der Waals surface area contributed by atoms with Gasteiger partial charge in [0, 0.05) is 12.1 Å². The molecular formula is C17H27NO. The highest BCUT2D eigenvalue weighted by Crippen LogP contribution is 2.36. The van der Waals surface area contributed by atoms with E-state index in [1.165, 1.54) is 24.8 Å². The lowest BCUT2D eigenvalue weighted by Crippen LogP contribution is -2.22. The van der Waals surface area contributed by atoms with Crippen molar-refractivity contribution in [3.63, 3.8) is 0 Å². The van der Waals surface area contributed by atoms with Crippen LogP contribution < -0.4 is 10.1 Å². The Bertz CT molecular complexity index is 385. The molecule has 1 aromatic rings. The number of rotatable bonds is 7. The van der Waals surface area contributed by atoms with Gasteiger partial charge in [0.2, 0.25) is 0 Å². The first-order chi connectivity index (χ1) is 9.10. The van der Waals surface area contributed by atoms with Crippen LogP contribution in [0.5, 0.6) is 5.75 Å².